The number of piperidine rings is 1. The third-order valence-corrected chi connectivity index (χ3v) is 6.08. The van der Waals surface area contributed by atoms with Gasteiger partial charge in [0.15, 0.2) is 5.78 Å². The molecule has 3 heteroatoms. The maximum absolute atomic E-state index is 13.0. The minimum absolute atomic E-state index is 0.198. The van der Waals surface area contributed by atoms with E-state index in [4.69, 9.17) is 0 Å². The van der Waals surface area contributed by atoms with E-state index in [0.29, 0.717) is 5.78 Å². The van der Waals surface area contributed by atoms with Crippen LogP contribution in [0.1, 0.15) is 55.3 Å². The Morgan fingerprint density at radius 3 is 2.64 bits per heavy atom. The number of ketones is 1. The number of likely N-dealkylation sites (tertiary alicyclic amines) is 1. The number of rotatable bonds is 4. The van der Waals surface area contributed by atoms with Gasteiger partial charge in [-0.1, -0.05) is 37.5 Å². The predicted molar refractivity (Wildman–Crippen MR) is 93.7 cm³/mol. The normalized spacial score (nSPS) is 24.3. The molecule has 0 aromatic heterocycles. The van der Waals surface area contributed by atoms with E-state index in [0.717, 1.165) is 29.5 Å². The van der Waals surface area contributed by atoms with Gasteiger partial charge in [0, 0.05) is 29.0 Å². The second kappa shape index (κ2) is 7.65. The molecule has 0 bridgehead atoms. The fourth-order valence-electron chi connectivity index (χ4n) is 4.07. The molecule has 0 unspecified atom stereocenters. The lowest BCUT2D eigenvalue weighted by molar-refractivity contribution is 0.0695. The summed E-state index contributed by atoms with van der Waals surface area (Å²) in [6, 6.07) is 8.83. The summed E-state index contributed by atoms with van der Waals surface area (Å²) in [7, 11) is 0. The highest BCUT2D eigenvalue weighted by Gasteiger charge is 2.31. The Balaban J connectivity index is 1.69. The van der Waals surface area contributed by atoms with Crippen molar-refractivity contribution in [3.05, 3.63) is 29.8 Å². The van der Waals surface area contributed by atoms with E-state index in [2.05, 4.69) is 17.2 Å². The van der Waals surface area contributed by atoms with Gasteiger partial charge in [0.2, 0.25) is 0 Å². The first-order valence-corrected chi connectivity index (χ1v) is 9.93. The Morgan fingerprint density at radius 2 is 1.86 bits per heavy atom. The fraction of sp³-hybridized carbons (Fsp3) is 0.632. The smallest absolute Gasteiger partial charge is 0.168 e. The van der Waals surface area contributed by atoms with Crippen molar-refractivity contribution in [2.45, 2.75) is 55.9 Å². The monoisotopic (exact) mass is 317 g/mol. The molecule has 1 aromatic carbocycles. The highest BCUT2D eigenvalue weighted by Crippen LogP contribution is 2.30. The molecule has 2 nitrogen and oxygen atoms in total. The molecular weight excluding hydrogens is 290 g/mol. The molecule has 0 amide bonds. The highest BCUT2D eigenvalue weighted by molar-refractivity contribution is 7.98. The number of Topliss-reactive ketones (excluding diaryl/α,β-unsaturated/α-hetero) is 1. The van der Waals surface area contributed by atoms with Crippen LogP contribution in [-0.2, 0) is 0 Å². The van der Waals surface area contributed by atoms with Crippen molar-refractivity contribution < 1.29 is 4.79 Å². The van der Waals surface area contributed by atoms with Crippen molar-refractivity contribution in [1.82, 2.24) is 4.90 Å². The van der Waals surface area contributed by atoms with Gasteiger partial charge in [-0.25, -0.2) is 0 Å². The van der Waals surface area contributed by atoms with Crippen molar-refractivity contribution in [3.8, 4) is 0 Å². The molecule has 2 fully saturated rings. The number of thioether (sulfide) groups is 1. The largest absolute Gasteiger partial charge is 0.300 e. The molecule has 120 valence electrons. The van der Waals surface area contributed by atoms with Crippen molar-refractivity contribution in [3.63, 3.8) is 0 Å². The Labute approximate surface area is 138 Å². The van der Waals surface area contributed by atoms with E-state index in [9.17, 15) is 4.79 Å². The molecular formula is C19H27NOS. The van der Waals surface area contributed by atoms with Gasteiger partial charge in [-0.05, 0) is 44.6 Å². The number of nitrogens with zero attached hydrogens (tertiary/aromatic N) is 1. The zero-order valence-electron chi connectivity index (χ0n) is 13.6. The quantitative estimate of drug-likeness (QED) is 0.596. The Morgan fingerprint density at radius 1 is 1.09 bits per heavy atom. The number of hydrogen-bond acceptors (Lipinski definition) is 3. The molecule has 0 radical (unpaired) electrons. The molecule has 0 spiro atoms. The van der Waals surface area contributed by atoms with Crippen molar-refractivity contribution in [1.29, 1.82) is 0 Å². The topological polar surface area (TPSA) is 20.3 Å². The maximum atomic E-state index is 13.0. The molecule has 1 aromatic rings. The predicted octanol–water partition coefficient (Wildman–Crippen LogP) is 4.64. The summed E-state index contributed by atoms with van der Waals surface area (Å²) in [5.41, 5.74) is 0.936. The van der Waals surface area contributed by atoms with Crippen LogP contribution in [0.3, 0.4) is 0 Å². The van der Waals surface area contributed by atoms with Crippen LogP contribution >= 0.6 is 11.8 Å². The molecule has 1 saturated heterocycles. The first-order chi connectivity index (χ1) is 10.8. The summed E-state index contributed by atoms with van der Waals surface area (Å²) in [4.78, 5) is 16.7. The van der Waals surface area contributed by atoms with Crippen LogP contribution in [0.5, 0.6) is 0 Å². The number of carbonyl (C=O) groups excluding carboxylic acids is 1. The lowest BCUT2D eigenvalue weighted by Gasteiger charge is -2.39. The van der Waals surface area contributed by atoms with Crippen LogP contribution < -0.4 is 0 Å². The zero-order chi connectivity index (χ0) is 15.4. The van der Waals surface area contributed by atoms with E-state index >= 15 is 0 Å². The van der Waals surface area contributed by atoms with E-state index in [1.54, 1.807) is 11.8 Å². The van der Waals surface area contributed by atoms with Gasteiger partial charge in [-0.15, -0.1) is 11.8 Å². The van der Waals surface area contributed by atoms with Crippen LogP contribution in [0, 0.1) is 5.92 Å². The Hall–Kier alpha value is -0.800. The molecule has 1 atom stereocenters. The van der Waals surface area contributed by atoms with E-state index in [1.165, 1.54) is 45.1 Å². The SMILES string of the molecule is CSc1ccccc1C(=O)[C@@H]1CCCN(C2CCCCC2)C1. The van der Waals surface area contributed by atoms with Crippen molar-refractivity contribution >= 4 is 17.5 Å². The lowest BCUT2D eigenvalue weighted by Crippen LogP contribution is -2.45. The first kappa shape index (κ1) is 16.1. The molecule has 1 heterocycles. The molecule has 3 rings (SSSR count). The molecule has 1 aliphatic carbocycles. The maximum Gasteiger partial charge on any atom is 0.168 e. The van der Waals surface area contributed by atoms with Gasteiger partial charge in [0.25, 0.3) is 0 Å². The average Bonchev–Trinajstić information content (AvgIpc) is 2.62. The summed E-state index contributed by atoms with van der Waals surface area (Å²) in [6.07, 6.45) is 11.1. The third kappa shape index (κ3) is 3.57. The Kier molecular flexibility index (Phi) is 5.59. The van der Waals surface area contributed by atoms with Gasteiger partial charge in [0.1, 0.15) is 0 Å². The van der Waals surface area contributed by atoms with Gasteiger partial charge >= 0.3 is 0 Å². The lowest BCUT2D eigenvalue weighted by atomic mass is 9.87. The van der Waals surface area contributed by atoms with Crippen LogP contribution in [0.4, 0.5) is 0 Å². The summed E-state index contributed by atoms with van der Waals surface area (Å²) in [6.45, 7) is 2.17. The molecule has 0 N–H and O–H groups in total. The molecule has 1 saturated carbocycles. The van der Waals surface area contributed by atoms with E-state index < -0.39 is 0 Å². The van der Waals surface area contributed by atoms with Gasteiger partial charge < -0.3 is 0 Å². The summed E-state index contributed by atoms with van der Waals surface area (Å²) in [5, 5.41) is 0. The second-order valence-corrected chi connectivity index (χ2v) is 7.54. The second-order valence-electron chi connectivity index (χ2n) is 6.69. The fourth-order valence-corrected chi connectivity index (χ4v) is 4.67. The van der Waals surface area contributed by atoms with Crippen LogP contribution in [0.15, 0.2) is 29.2 Å². The molecule has 1 aliphatic heterocycles. The van der Waals surface area contributed by atoms with Crippen LogP contribution in [-0.4, -0.2) is 36.1 Å². The molecule has 22 heavy (non-hydrogen) atoms. The minimum atomic E-state index is 0.198. The van der Waals surface area contributed by atoms with Crippen molar-refractivity contribution in [2.24, 2.45) is 5.92 Å². The van der Waals surface area contributed by atoms with E-state index in [1.807, 2.05) is 18.2 Å². The first-order valence-electron chi connectivity index (χ1n) is 8.71. The number of hydrogen-bond donors (Lipinski definition) is 0. The minimum Gasteiger partial charge on any atom is -0.300 e. The zero-order valence-corrected chi connectivity index (χ0v) is 14.4. The summed E-state index contributed by atoms with van der Waals surface area (Å²) < 4.78 is 0. The number of benzene rings is 1. The standard InChI is InChI=1S/C19H27NOS/c1-22-18-12-6-5-11-17(18)19(21)15-8-7-13-20(14-15)16-9-3-2-4-10-16/h5-6,11-12,15-16H,2-4,7-10,13-14H2,1H3/t15-/m1/s1. The summed E-state index contributed by atoms with van der Waals surface area (Å²) in [5.74, 6) is 0.564. The van der Waals surface area contributed by atoms with E-state index in [-0.39, 0.29) is 5.92 Å². The van der Waals surface area contributed by atoms with Gasteiger partial charge in [-0.3, -0.25) is 9.69 Å². The van der Waals surface area contributed by atoms with Gasteiger partial charge in [-0.2, -0.15) is 0 Å². The van der Waals surface area contributed by atoms with Crippen molar-refractivity contribution in [2.75, 3.05) is 19.3 Å². The highest BCUT2D eigenvalue weighted by atomic mass is 32.2. The third-order valence-electron chi connectivity index (χ3n) is 5.29. The summed E-state index contributed by atoms with van der Waals surface area (Å²) >= 11 is 1.68. The van der Waals surface area contributed by atoms with Gasteiger partial charge in [0.05, 0.1) is 0 Å². The average molecular weight is 317 g/mol. The Bertz CT molecular complexity index is 510. The number of carbonyl (C=O) groups is 1. The molecule has 2 aliphatic rings. The van der Waals surface area contributed by atoms with Crippen LogP contribution in [0.2, 0.25) is 0 Å². The van der Waals surface area contributed by atoms with Crippen LogP contribution in [0.25, 0.3) is 0 Å².